The Hall–Kier alpha value is -2.37. The van der Waals surface area contributed by atoms with Crippen LogP contribution in [0.3, 0.4) is 0 Å². The van der Waals surface area contributed by atoms with E-state index in [0.717, 1.165) is 5.56 Å². The van der Waals surface area contributed by atoms with Gasteiger partial charge in [-0.2, -0.15) is 0 Å². The molecule has 2 unspecified atom stereocenters. The van der Waals surface area contributed by atoms with Crippen LogP contribution in [0.4, 0.5) is 0 Å². The molecule has 132 valence electrons. The Kier molecular flexibility index (Phi) is 6.95. The van der Waals surface area contributed by atoms with Crippen LogP contribution in [0.15, 0.2) is 30.3 Å². The molecule has 0 bridgehead atoms. The lowest BCUT2D eigenvalue weighted by Gasteiger charge is -2.24. The Bertz CT molecular complexity index is 578. The number of ether oxygens (including phenoxy) is 1. The number of hydrogen-bond donors (Lipinski definition) is 2. The predicted octanol–water partition coefficient (Wildman–Crippen LogP) is 1.96. The molecule has 2 N–H and O–H groups in total. The molecule has 1 aromatic rings. The van der Waals surface area contributed by atoms with Crippen molar-refractivity contribution in [3.8, 4) is 0 Å². The van der Waals surface area contributed by atoms with Crippen molar-refractivity contribution in [3.63, 3.8) is 0 Å². The molecule has 0 saturated carbocycles. The normalized spacial score (nSPS) is 13.5. The zero-order valence-electron chi connectivity index (χ0n) is 14.9. The third-order valence-electron chi connectivity index (χ3n) is 3.54. The summed E-state index contributed by atoms with van der Waals surface area (Å²) in [6, 6.07) is 7.94. The van der Waals surface area contributed by atoms with Gasteiger partial charge >= 0.3 is 5.97 Å². The third-order valence-corrected chi connectivity index (χ3v) is 3.54. The minimum atomic E-state index is -0.708. The van der Waals surface area contributed by atoms with Crippen molar-refractivity contribution in [1.29, 1.82) is 0 Å². The Morgan fingerprint density at radius 3 is 2.17 bits per heavy atom. The van der Waals surface area contributed by atoms with Gasteiger partial charge in [0.05, 0.1) is 19.6 Å². The molecule has 0 aliphatic carbocycles. The van der Waals surface area contributed by atoms with Crippen LogP contribution < -0.4 is 10.6 Å². The number of benzene rings is 1. The molecule has 6 heteroatoms. The Labute approximate surface area is 143 Å². The molecule has 1 aromatic carbocycles. The van der Waals surface area contributed by atoms with E-state index in [1.165, 1.54) is 7.11 Å². The van der Waals surface area contributed by atoms with Crippen molar-refractivity contribution in [2.75, 3.05) is 7.11 Å². The van der Waals surface area contributed by atoms with Gasteiger partial charge in [-0.15, -0.1) is 0 Å². The highest BCUT2D eigenvalue weighted by Crippen LogP contribution is 2.18. The molecule has 0 fully saturated rings. The summed E-state index contributed by atoms with van der Waals surface area (Å²) in [4.78, 5) is 36.0. The summed E-state index contributed by atoms with van der Waals surface area (Å²) in [5.41, 5.74) is 0.213. The Morgan fingerprint density at radius 1 is 1.08 bits per heavy atom. The molecule has 0 aliphatic heterocycles. The van der Waals surface area contributed by atoms with Crippen LogP contribution in [0.1, 0.15) is 45.7 Å². The maximum atomic E-state index is 12.4. The highest BCUT2D eigenvalue weighted by molar-refractivity contribution is 5.89. The van der Waals surface area contributed by atoms with Crippen LogP contribution in [0, 0.1) is 5.41 Å². The molecular formula is C18H26N2O4. The van der Waals surface area contributed by atoms with Crippen molar-refractivity contribution in [2.24, 2.45) is 5.41 Å². The molecule has 2 amide bonds. The van der Waals surface area contributed by atoms with Gasteiger partial charge in [0.25, 0.3) is 0 Å². The van der Waals surface area contributed by atoms with E-state index in [2.05, 4.69) is 10.6 Å². The highest BCUT2D eigenvalue weighted by atomic mass is 16.5. The van der Waals surface area contributed by atoms with E-state index in [1.807, 2.05) is 30.3 Å². The summed E-state index contributed by atoms with van der Waals surface area (Å²) >= 11 is 0. The lowest BCUT2D eigenvalue weighted by Crippen LogP contribution is -2.49. The molecule has 0 radical (unpaired) electrons. The van der Waals surface area contributed by atoms with E-state index < -0.39 is 23.5 Å². The summed E-state index contributed by atoms with van der Waals surface area (Å²) < 4.78 is 4.69. The third kappa shape index (κ3) is 6.02. The van der Waals surface area contributed by atoms with Gasteiger partial charge in [-0.1, -0.05) is 51.1 Å². The average Bonchev–Trinajstić information content (AvgIpc) is 2.53. The van der Waals surface area contributed by atoms with Crippen LogP contribution in [-0.2, 0) is 19.1 Å². The minimum absolute atomic E-state index is 0.0200. The van der Waals surface area contributed by atoms with Gasteiger partial charge in [0.15, 0.2) is 0 Å². The van der Waals surface area contributed by atoms with Crippen molar-refractivity contribution < 1.29 is 19.1 Å². The molecule has 24 heavy (non-hydrogen) atoms. The maximum absolute atomic E-state index is 12.4. The van der Waals surface area contributed by atoms with Crippen molar-refractivity contribution >= 4 is 17.8 Å². The zero-order valence-corrected chi connectivity index (χ0v) is 14.9. The Balaban J connectivity index is 2.80. The second kappa shape index (κ2) is 8.47. The van der Waals surface area contributed by atoms with Crippen LogP contribution in [0.5, 0.6) is 0 Å². The van der Waals surface area contributed by atoms with E-state index in [1.54, 1.807) is 27.7 Å². The molecule has 1 rings (SSSR count). The molecule has 2 atom stereocenters. The molecule has 0 aromatic heterocycles. The average molecular weight is 334 g/mol. The molecule has 0 aliphatic rings. The van der Waals surface area contributed by atoms with Crippen LogP contribution in [-0.4, -0.2) is 30.9 Å². The first-order valence-electron chi connectivity index (χ1n) is 7.88. The van der Waals surface area contributed by atoms with E-state index >= 15 is 0 Å². The van der Waals surface area contributed by atoms with Crippen LogP contribution >= 0.6 is 0 Å². The fraction of sp³-hybridized carbons (Fsp3) is 0.500. The number of carbonyl (C=O) groups is 3. The molecule has 6 nitrogen and oxygen atoms in total. The number of rotatable bonds is 6. The number of nitrogens with one attached hydrogen (secondary N) is 2. The fourth-order valence-electron chi connectivity index (χ4n) is 1.96. The standard InChI is InChI=1S/C18H26N2O4/c1-12(19-17(23)18(2,3)4)16(22)20-14(11-15(21)24-5)13-9-7-6-8-10-13/h6-10,12,14H,11H2,1-5H3,(H,19,23)(H,20,22). The first-order chi connectivity index (χ1) is 11.1. The fourth-order valence-corrected chi connectivity index (χ4v) is 1.96. The van der Waals surface area contributed by atoms with Crippen molar-refractivity contribution in [1.82, 2.24) is 10.6 Å². The van der Waals surface area contributed by atoms with Gasteiger partial charge in [-0.25, -0.2) is 0 Å². The lowest BCUT2D eigenvalue weighted by atomic mass is 9.95. The smallest absolute Gasteiger partial charge is 0.307 e. The minimum Gasteiger partial charge on any atom is -0.469 e. The first-order valence-corrected chi connectivity index (χ1v) is 7.88. The molecule has 0 heterocycles. The quantitative estimate of drug-likeness (QED) is 0.779. The molecule has 0 saturated heterocycles. The SMILES string of the molecule is COC(=O)CC(NC(=O)C(C)NC(=O)C(C)(C)C)c1ccccc1. The van der Waals surface area contributed by atoms with E-state index in [4.69, 9.17) is 4.74 Å². The van der Waals surface area contributed by atoms with Crippen molar-refractivity contribution in [2.45, 2.75) is 46.2 Å². The van der Waals surface area contributed by atoms with Gasteiger partial charge < -0.3 is 15.4 Å². The molecular weight excluding hydrogens is 308 g/mol. The number of amides is 2. The van der Waals surface area contributed by atoms with Crippen LogP contribution in [0.2, 0.25) is 0 Å². The van der Waals surface area contributed by atoms with Gasteiger partial charge in [-0.05, 0) is 12.5 Å². The van der Waals surface area contributed by atoms with Crippen LogP contribution in [0.25, 0.3) is 0 Å². The second-order valence-electron chi connectivity index (χ2n) is 6.70. The summed E-state index contributed by atoms with van der Waals surface area (Å²) in [5.74, 6) is -0.990. The van der Waals surface area contributed by atoms with Gasteiger partial charge in [0, 0.05) is 5.41 Å². The highest BCUT2D eigenvalue weighted by Gasteiger charge is 2.27. The summed E-state index contributed by atoms with van der Waals surface area (Å²) in [7, 11) is 1.30. The monoisotopic (exact) mass is 334 g/mol. The van der Waals surface area contributed by atoms with Gasteiger partial charge in [-0.3, -0.25) is 14.4 Å². The summed E-state index contributed by atoms with van der Waals surface area (Å²) in [6.45, 7) is 6.93. The Morgan fingerprint density at radius 2 is 1.67 bits per heavy atom. The zero-order chi connectivity index (χ0) is 18.3. The van der Waals surface area contributed by atoms with E-state index in [0.29, 0.717) is 0 Å². The van der Waals surface area contributed by atoms with Crippen molar-refractivity contribution in [3.05, 3.63) is 35.9 Å². The van der Waals surface area contributed by atoms with E-state index in [9.17, 15) is 14.4 Å². The lowest BCUT2D eigenvalue weighted by molar-refractivity contribution is -0.141. The largest absolute Gasteiger partial charge is 0.469 e. The van der Waals surface area contributed by atoms with E-state index in [-0.39, 0.29) is 18.2 Å². The van der Waals surface area contributed by atoms with Gasteiger partial charge in [0.2, 0.25) is 11.8 Å². The number of methoxy groups -OCH3 is 1. The maximum Gasteiger partial charge on any atom is 0.307 e. The number of hydrogen-bond acceptors (Lipinski definition) is 4. The van der Waals surface area contributed by atoms with Gasteiger partial charge in [0.1, 0.15) is 6.04 Å². The summed E-state index contributed by atoms with van der Waals surface area (Å²) in [5, 5.41) is 5.48. The number of carbonyl (C=O) groups excluding carboxylic acids is 3. The molecule has 0 spiro atoms. The number of esters is 1. The second-order valence-corrected chi connectivity index (χ2v) is 6.70. The topological polar surface area (TPSA) is 84.5 Å². The first kappa shape index (κ1) is 19.7. The predicted molar refractivity (Wildman–Crippen MR) is 91.0 cm³/mol. The summed E-state index contributed by atoms with van der Waals surface area (Å²) in [6.07, 6.45) is 0.0200.